The Bertz CT molecular complexity index is 643. The SMILES string of the molecule is COc1ccc(CNC(CC(=O)O)c2ccccc2)cc1OC. The van der Waals surface area contributed by atoms with Crippen molar-refractivity contribution in [1.29, 1.82) is 0 Å². The van der Waals surface area contributed by atoms with E-state index in [9.17, 15) is 4.79 Å². The molecule has 0 amide bonds. The van der Waals surface area contributed by atoms with Crippen LogP contribution in [0.5, 0.6) is 11.5 Å². The highest BCUT2D eigenvalue weighted by molar-refractivity contribution is 5.68. The average molecular weight is 315 g/mol. The first-order chi connectivity index (χ1) is 11.1. The first-order valence-corrected chi connectivity index (χ1v) is 7.35. The second kappa shape index (κ2) is 8.19. The van der Waals surface area contributed by atoms with E-state index in [4.69, 9.17) is 14.6 Å². The summed E-state index contributed by atoms with van der Waals surface area (Å²) in [6.45, 7) is 0.535. The van der Waals surface area contributed by atoms with Crippen LogP contribution in [0.25, 0.3) is 0 Å². The standard InChI is InChI=1S/C18H21NO4/c1-22-16-9-8-13(10-17(16)23-2)12-19-15(11-18(20)21)14-6-4-3-5-7-14/h3-10,15,19H,11-12H2,1-2H3,(H,20,21). The minimum Gasteiger partial charge on any atom is -0.493 e. The largest absolute Gasteiger partial charge is 0.493 e. The lowest BCUT2D eigenvalue weighted by molar-refractivity contribution is -0.137. The van der Waals surface area contributed by atoms with Crippen LogP contribution in [0.3, 0.4) is 0 Å². The predicted molar refractivity (Wildman–Crippen MR) is 87.8 cm³/mol. The number of carbonyl (C=O) groups is 1. The van der Waals surface area contributed by atoms with Gasteiger partial charge in [0.25, 0.3) is 0 Å². The summed E-state index contributed by atoms with van der Waals surface area (Å²) in [5.41, 5.74) is 1.95. The van der Waals surface area contributed by atoms with Gasteiger partial charge in [0.1, 0.15) is 0 Å². The number of benzene rings is 2. The van der Waals surface area contributed by atoms with E-state index < -0.39 is 5.97 Å². The normalized spacial score (nSPS) is 11.7. The Balaban J connectivity index is 2.10. The van der Waals surface area contributed by atoms with Gasteiger partial charge in [0.15, 0.2) is 11.5 Å². The summed E-state index contributed by atoms with van der Waals surface area (Å²) in [4.78, 5) is 11.1. The molecule has 0 saturated heterocycles. The molecule has 5 heteroatoms. The van der Waals surface area contributed by atoms with E-state index in [1.54, 1.807) is 14.2 Å². The molecule has 5 nitrogen and oxygen atoms in total. The van der Waals surface area contributed by atoms with E-state index in [0.29, 0.717) is 18.0 Å². The highest BCUT2D eigenvalue weighted by Crippen LogP contribution is 2.28. The van der Waals surface area contributed by atoms with Crippen molar-refractivity contribution in [3.8, 4) is 11.5 Å². The van der Waals surface area contributed by atoms with Crippen LogP contribution in [-0.4, -0.2) is 25.3 Å². The van der Waals surface area contributed by atoms with Gasteiger partial charge in [-0.2, -0.15) is 0 Å². The molecular formula is C18H21NO4. The summed E-state index contributed by atoms with van der Waals surface area (Å²) in [5, 5.41) is 12.4. The van der Waals surface area contributed by atoms with Gasteiger partial charge >= 0.3 is 5.97 Å². The lowest BCUT2D eigenvalue weighted by Gasteiger charge is -2.18. The van der Waals surface area contributed by atoms with Crippen LogP contribution in [0, 0.1) is 0 Å². The maximum atomic E-state index is 11.1. The molecule has 2 aromatic rings. The zero-order chi connectivity index (χ0) is 16.7. The van der Waals surface area contributed by atoms with Crippen molar-refractivity contribution in [3.63, 3.8) is 0 Å². The van der Waals surface area contributed by atoms with Crippen LogP contribution in [0.4, 0.5) is 0 Å². The van der Waals surface area contributed by atoms with E-state index in [1.807, 2.05) is 48.5 Å². The maximum absolute atomic E-state index is 11.1. The van der Waals surface area contributed by atoms with Gasteiger partial charge in [0, 0.05) is 12.6 Å². The third-order valence-corrected chi connectivity index (χ3v) is 3.58. The number of hydrogen-bond donors (Lipinski definition) is 2. The minimum atomic E-state index is -0.835. The molecule has 0 saturated carbocycles. The minimum absolute atomic E-state index is 0.0251. The van der Waals surface area contributed by atoms with Crippen molar-refractivity contribution in [3.05, 3.63) is 59.7 Å². The fraction of sp³-hybridized carbons (Fsp3) is 0.278. The molecule has 0 aliphatic carbocycles. The zero-order valence-electron chi connectivity index (χ0n) is 13.3. The number of ether oxygens (including phenoxy) is 2. The van der Waals surface area contributed by atoms with Crippen LogP contribution in [-0.2, 0) is 11.3 Å². The van der Waals surface area contributed by atoms with Crippen molar-refractivity contribution < 1.29 is 19.4 Å². The molecule has 0 fully saturated rings. The number of carboxylic acids is 1. The third-order valence-electron chi connectivity index (χ3n) is 3.58. The van der Waals surface area contributed by atoms with Gasteiger partial charge in [-0.1, -0.05) is 36.4 Å². The molecular weight excluding hydrogens is 294 g/mol. The third kappa shape index (κ3) is 4.72. The number of methoxy groups -OCH3 is 2. The number of hydrogen-bond acceptors (Lipinski definition) is 4. The summed E-state index contributed by atoms with van der Waals surface area (Å²) in [6, 6.07) is 15.0. The highest BCUT2D eigenvalue weighted by Gasteiger charge is 2.15. The summed E-state index contributed by atoms with van der Waals surface area (Å²) in [5.74, 6) is 0.487. The molecule has 1 unspecified atom stereocenters. The van der Waals surface area contributed by atoms with E-state index in [1.165, 1.54) is 0 Å². The summed E-state index contributed by atoms with van der Waals surface area (Å²) in [7, 11) is 3.18. The van der Waals surface area contributed by atoms with Crippen LogP contribution in [0.15, 0.2) is 48.5 Å². The molecule has 23 heavy (non-hydrogen) atoms. The molecule has 1 atom stereocenters. The molecule has 0 aliphatic rings. The molecule has 122 valence electrons. The van der Waals surface area contributed by atoms with Gasteiger partial charge in [-0.15, -0.1) is 0 Å². The van der Waals surface area contributed by atoms with Crippen molar-refractivity contribution in [1.82, 2.24) is 5.32 Å². The topological polar surface area (TPSA) is 67.8 Å². The Labute approximate surface area is 135 Å². The van der Waals surface area contributed by atoms with Crippen molar-refractivity contribution in [2.24, 2.45) is 0 Å². The van der Waals surface area contributed by atoms with Gasteiger partial charge in [-0.25, -0.2) is 0 Å². The van der Waals surface area contributed by atoms with Crippen molar-refractivity contribution in [2.75, 3.05) is 14.2 Å². The maximum Gasteiger partial charge on any atom is 0.305 e. The highest BCUT2D eigenvalue weighted by atomic mass is 16.5. The summed E-state index contributed by atoms with van der Waals surface area (Å²) >= 11 is 0. The first kappa shape index (κ1) is 16.8. The van der Waals surface area contributed by atoms with Gasteiger partial charge in [-0.3, -0.25) is 4.79 Å². The number of carboxylic acid groups (broad SMARTS) is 1. The molecule has 0 heterocycles. The second-order valence-corrected chi connectivity index (χ2v) is 5.13. The van der Waals surface area contributed by atoms with Crippen LogP contribution < -0.4 is 14.8 Å². The van der Waals surface area contributed by atoms with E-state index in [-0.39, 0.29) is 12.5 Å². The Morgan fingerprint density at radius 1 is 1.09 bits per heavy atom. The van der Waals surface area contributed by atoms with Gasteiger partial charge < -0.3 is 19.9 Å². The van der Waals surface area contributed by atoms with Crippen molar-refractivity contribution in [2.45, 2.75) is 19.0 Å². The lowest BCUT2D eigenvalue weighted by Crippen LogP contribution is -2.23. The Hall–Kier alpha value is -2.53. The Kier molecular flexibility index (Phi) is 6.00. The first-order valence-electron chi connectivity index (χ1n) is 7.35. The van der Waals surface area contributed by atoms with Crippen LogP contribution in [0.1, 0.15) is 23.6 Å². The summed E-state index contributed by atoms with van der Waals surface area (Å²) in [6.07, 6.45) is 0.0251. The fourth-order valence-electron chi connectivity index (χ4n) is 2.40. The molecule has 0 radical (unpaired) electrons. The number of rotatable bonds is 8. The van der Waals surface area contributed by atoms with Crippen molar-refractivity contribution >= 4 is 5.97 Å². The molecule has 0 bridgehead atoms. The zero-order valence-corrected chi connectivity index (χ0v) is 13.3. The molecule has 0 spiro atoms. The Morgan fingerprint density at radius 2 is 1.78 bits per heavy atom. The van der Waals surface area contributed by atoms with Crippen LogP contribution in [0.2, 0.25) is 0 Å². The molecule has 2 N–H and O–H groups in total. The Morgan fingerprint density at radius 3 is 2.39 bits per heavy atom. The smallest absolute Gasteiger partial charge is 0.305 e. The number of nitrogens with one attached hydrogen (secondary N) is 1. The molecule has 2 rings (SSSR count). The lowest BCUT2D eigenvalue weighted by atomic mass is 10.0. The molecule has 0 aromatic heterocycles. The van der Waals surface area contributed by atoms with E-state index in [0.717, 1.165) is 11.1 Å². The average Bonchev–Trinajstić information content (AvgIpc) is 2.58. The second-order valence-electron chi connectivity index (χ2n) is 5.13. The molecule has 2 aromatic carbocycles. The van der Waals surface area contributed by atoms with E-state index in [2.05, 4.69) is 5.32 Å². The fourth-order valence-corrected chi connectivity index (χ4v) is 2.40. The van der Waals surface area contributed by atoms with Gasteiger partial charge in [0.2, 0.25) is 0 Å². The quantitative estimate of drug-likeness (QED) is 0.784. The van der Waals surface area contributed by atoms with Gasteiger partial charge in [0.05, 0.1) is 20.6 Å². The molecule has 0 aliphatic heterocycles. The van der Waals surface area contributed by atoms with Crippen LogP contribution >= 0.6 is 0 Å². The predicted octanol–water partition coefficient (Wildman–Crippen LogP) is 3.01. The monoisotopic (exact) mass is 315 g/mol. The summed E-state index contributed by atoms with van der Waals surface area (Å²) < 4.78 is 10.5. The van der Waals surface area contributed by atoms with E-state index >= 15 is 0 Å². The number of aliphatic carboxylic acids is 1. The van der Waals surface area contributed by atoms with Gasteiger partial charge in [-0.05, 0) is 23.3 Å².